The van der Waals surface area contributed by atoms with Crippen molar-refractivity contribution >= 4 is 11.6 Å². The van der Waals surface area contributed by atoms with E-state index in [1.54, 1.807) is 22.8 Å². The summed E-state index contributed by atoms with van der Waals surface area (Å²) in [4.78, 5) is 24.2. The molecular formula is C16H17NO2. The summed E-state index contributed by atoms with van der Waals surface area (Å²) in [7, 11) is 0. The molecule has 98 valence electrons. The zero-order valence-electron chi connectivity index (χ0n) is 11.4. The smallest absolute Gasteiger partial charge is 0.209 e. The third kappa shape index (κ3) is 2.36. The topological polar surface area (TPSA) is 39.1 Å². The molecule has 0 fully saturated rings. The Labute approximate surface area is 112 Å². The van der Waals surface area contributed by atoms with Crippen molar-refractivity contribution in [2.45, 2.75) is 27.3 Å². The molecular weight excluding hydrogens is 238 g/mol. The SMILES string of the molecule is CCn1c(C(=O)c2ccccc2)cc(C)c1C(C)=O. The highest BCUT2D eigenvalue weighted by Gasteiger charge is 2.20. The molecule has 0 saturated carbocycles. The average molecular weight is 255 g/mol. The van der Waals surface area contributed by atoms with Crippen LogP contribution >= 0.6 is 0 Å². The molecule has 1 aromatic heterocycles. The van der Waals surface area contributed by atoms with Gasteiger partial charge in [-0.1, -0.05) is 30.3 Å². The van der Waals surface area contributed by atoms with E-state index in [2.05, 4.69) is 0 Å². The third-order valence-corrected chi connectivity index (χ3v) is 3.21. The van der Waals surface area contributed by atoms with Crippen LogP contribution in [0.3, 0.4) is 0 Å². The molecule has 0 N–H and O–H groups in total. The van der Waals surface area contributed by atoms with Crippen LogP contribution in [0.15, 0.2) is 36.4 Å². The summed E-state index contributed by atoms with van der Waals surface area (Å²) >= 11 is 0. The van der Waals surface area contributed by atoms with Gasteiger partial charge in [0, 0.05) is 19.0 Å². The van der Waals surface area contributed by atoms with Gasteiger partial charge in [-0.3, -0.25) is 9.59 Å². The molecule has 0 bridgehead atoms. The van der Waals surface area contributed by atoms with Gasteiger partial charge >= 0.3 is 0 Å². The quantitative estimate of drug-likeness (QED) is 0.787. The van der Waals surface area contributed by atoms with Crippen LogP contribution < -0.4 is 0 Å². The van der Waals surface area contributed by atoms with E-state index >= 15 is 0 Å². The van der Waals surface area contributed by atoms with Crippen LogP contribution in [0, 0.1) is 6.92 Å². The number of benzene rings is 1. The first kappa shape index (κ1) is 13.3. The van der Waals surface area contributed by atoms with E-state index in [-0.39, 0.29) is 11.6 Å². The summed E-state index contributed by atoms with van der Waals surface area (Å²) in [6, 6.07) is 10.9. The summed E-state index contributed by atoms with van der Waals surface area (Å²) in [5.41, 5.74) is 2.71. The van der Waals surface area contributed by atoms with Gasteiger partial charge in [0.2, 0.25) is 5.78 Å². The van der Waals surface area contributed by atoms with Gasteiger partial charge in [-0.25, -0.2) is 0 Å². The van der Waals surface area contributed by atoms with Crippen LogP contribution in [-0.2, 0) is 6.54 Å². The number of carbonyl (C=O) groups excluding carboxylic acids is 2. The zero-order chi connectivity index (χ0) is 14.0. The third-order valence-electron chi connectivity index (χ3n) is 3.21. The Morgan fingerprint density at radius 2 is 1.79 bits per heavy atom. The minimum Gasteiger partial charge on any atom is -0.335 e. The first-order valence-electron chi connectivity index (χ1n) is 6.37. The number of hydrogen-bond acceptors (Lipinski definition) is 2. The molecule has 3 heteroatoms. The van der Waals surface area contributed by atoms with Gasteiger partial charge in [0.15, 0.2) is 5.78 Å². The summed E-state index contributed by atoms with van der Waals surface area (Å²) < 4.78 is 1.80. The standard InChI is InChI=1S/C16H17NO2/c1-4-17-14(10-11(2)15(17)12(3)18)16(19)13-8-6-5-7-9-13/h5-10H,4H2,1-3H3. The summed E-state index contributed by atoms with van der Waals surface area (Å²) in [5, 5.41) is 0. The van der Waals surface area contributed by atoms with E-state index in [1.165, 1.54) is 6.92 Å². The van der Waals surface area contributed by atoms with Crippen LogP contribution in [0.5, 0.6) is 0 Å². The number of aromatic nitrogens is 1. The highest BCUT2D eigenvalue weighted by atomic mass is 16.1. The Hall–Kier alpha value is -2.16. The van der Waals surface area contributed by atoms with Crippen molar-refractivity contribution in [1.29, 1.82) is 0 Å². The van der Waals surface area contributed by atoms with Crippen LogP contribution in [0.2, 0.25) is 0 Å². The molecule has 0 radical (unpaired) electrons. The maximum Gasteiger partial charge on any atom is 0.209 e. The molecule has 0 atom stereocenters. The van der Waals surface area contributed by atoms with E-state index in [1.807, 2.05) is 32.0 Å². The highest BCUT2D eigenvalue weighted by Crippen LogP contribution is 2.19. The number of Topliss-reactive ketones (excluding diaryl/α,β-unsaturated/α-hetero) is 1. The first-order chi connectivity index (χ1) is 9.06. The van der Waals surface area contributed by atoms with Gasteiger partial charge in [0.1, 0.15) is 0 Å². The lowest BCUT2D eigenvalue weighted by Gasteiger charge is -2.09. The highest BCUT2D eigenvalue weighted by molar-refractivity contribution is 6.09. The van der Waals surface area contributed by atoms with Gasteiger partial charge in [-0.2, -0.15) is 0 Å². The normalized spacial score (nSPS) is 10.5. The number of aryl methyl sites for hydroxylation is 1. The van der Waals surface area contributed by atoms with Crippen molar-refractivity contribution in [1.82, 2.24) is 4.57 Å². The molecule has 0 saturated heterocycles. The molecule has 3 nitrogen and oxygen atoms in total. The number of rotatable bonds is 4. The van der Waals surface area contributed by atoms with E-state index < -0.39 is 0 Å². The fraction of sp³-hybridized carbons (Fsp3) is 0.250. The molecule has 2 aromatic rings. The summed E-state index contributed by atoms with van der Waals surface area (Å²) in [6.45, 7) is 5.94. The average Bonchev–Trinajstić information content (AvgIpc) is 2.75. The van der Waals surface area contributed by atoms with E-state index in [0.717, 1.165) is 5.56 Å². The molecule has 1 heterocycles. The fourth-order valence-electron chi connectivity index (χ4n) is 2.41. The predicted octanol–water partition coefficient (Wildman–Crippen LogP) is 3.25. The maximum absolute atomic E-state index is 12.5. The Morgan fingerprint density at radius 1 is 1.16 bits per heavy atom. The summed E-state index contributed by atoms with van der Waals surface area (Å²) in [5.74, 6) is -0.0514. The lowest BCUT2D eigenvalue weighted by atomic mass is 10.1. The molecule has 2 rings (SSSR count). The second-order valence-corrected chi connectivity index (χ2v) is 4.56. The van der Waals surface area contributed by atoms with E-state index in [4.69, 9.17) is 0 Å². The van der Waals surface area contributed by atoms with Gasteiger partial charge in [0.25, 0.3) is 0 Å². The Morgan fingerprint density at radius 3 is 2.32 bits per heavy atom. The summed E-state index contributed by atoms with van der Waals surface area (Å²) in [6.07, 6.45) is 0. The molecule has 0 aliphatic carbocycles. The van der Waals surface area contributed by atoms with Crippen LogP contribution in [-0.4, -0.2) is 16.1 Å². The van der Waals surface area contributed by atoms with E-state index in [0.29, 0.717) is 23.5 Å². The molecule has 19 heavy (non-hydrogen) atoms. The zero-order valence-corrected chi connectivity index (χ0v) is 11.4. The predicted molar refractivity (Wildman–Crippen MR) is 74.7 cm³/mol. The van der Waals surface area contributed by atoms with Crippen LogP contribution in [0.1, 0.15) is 46.0 Å². The second-order valence-electron chi connectivity index (χ2n) is 4.56. The van der Waals surface area contributed by atoms with Crippen molar-refractivity contribution in [2.24, 2.45) is 0 Å². The second kappa shape index (κ2) is 5.22. The van der Waals surface area contributed by atoms with Crippen molar-refractivity contribution in [2.75, 3.05) is 0 Å². The molecule has 0 amide bonds. The minimum absolute atomic E-state index is 0.00791. The molecule has 0 spiro atoms. The van der Waals surface area contributed by atoms with E-state index in [9.17, 15) is 9.59 Å². The minimum atomic E-state index is -0.0435. The van der Waals surface area contributed by atoms with Crippen LogP contribution in [0.4, 0.5) is 0 Å². The lowest BCUT2D eigenvalue weighted by Crippen LogP contribution is -2.13. The van der Waals surface area contributed by atoms with Crippen molar-refractivity contribution in [3.8, 4) is 0 Å². The van der Waals surface area contributed by atoms with Crippen LogP contribution in [0.25, 0.3) is 0 Å². The lowest BCUT2D eigenvalue weighted by molar-refractivity contribution is 0.100. The van der Waals surface area contributed by atoms with Crippen molar-refractivity contribution < 1.29 is 9.59 Å². The van der Waals surface area contributed by atoms with Gasteiger partial charge in [-0.15, -0.1) is 0 Å². The largest absolute Gasteiger partial charge is 0.335 e. The number of hydrogen-bond donors (Lipinski definition) is 0. The number of carbonyl (C=O) groups is 2. The Balaban J connectivity index is 2.55. The molecule has 0 aliphatic rings. The molecule has 0 aliphatic heterocycles. The monoisotopic (exact) mass is 255 g/mol. The Bertz CT molecular complexity index is 624. The number of nitrogens with zero attached hydrogens (tertiary/aromatic N) is 1. The molecule has 0 unspecified atom stereocenters. The first-order valence-corrected chi connectivity index (χ1v) is 6.37. The fourth-order valence-corrected chi connectivity index (χ4v) is 2.41. The maximum atomic E-state index is 12.5. The molecule has 1 aromatic carbocycles. The van der Waals surface area contributed by atoms with Gasteiger partial charge < -0.3 is 4.57 Å². The van der Waals surface area contributed by atoms with Crippen molar-refractivity contribution in [3.63, 3.8) is 0 Å². The van der Waals surface area contributed by atoms with Gasteiger partial charge in [-0.05, 0) is 25.5 Å². The number of ketones is 2. The van der Waals surface area contributed by atoms with Gasteiger partial charge in [0.05, 0.1) is 11.4 Å². The Kier molecular flexibility index (Phi) is 3.65. The van der Waals surface area contributed by atoms with Crippen molar-refractivity contribution in [3.05, 3.63) is 58.9 Å².